The molecule has 0 saturated carbocycles. The van der Waals surface area contributed by atoms with Crippen molar-refractivity contribution in [2.75, 3.05) is 0 Å². The number of rotatable bonds is 4. The topological polar surface area (TPSA) is 50.1 Å². The highest BCUT2D eigenvalue weighted by molar-refractivity contribution is 6.42. The number of aromatic amines is 1. The number of aromatic nitrogens is 2. The Morgan fingerprint density at radius 2 is 1.59 bits per heavy atom. The van der Waals surface area contributed by atoms with Crippen molar-refractivity contribution in [2.24, 2.45) is 4.99 Å². The number of aliphatic imine (C=N–C) groups is 1. The number of nitrogens with zero attached hydrogens (tertiary/aromatic N) is 2. The Labute approximate surface area is 207 Å². The number of nitrogens with one attached hydrogen (secondary N) is 1. The van der Waals surface area contributed by atoms with Crippen molar-refractivity contribution in [1.29, 1.82) is 0 Å². The van der Waals surface area contributed by atoms with Crippen LogP contribution in [0.3, 0.4) is 0 Å². The second-order valence-corrected chi connectivity index (χ2v) is 8.99. The maximum Gasteiger partial charge on any atom is 0.280 e. The molecule has 0 fully saturated rings. The van der Waals surface area contributed by atoms with Gasteiger partial charge in [0.1, 0.15) is 0 Å². The summed E-state index contributed by atoms with van der Waals surface area (Å²) in [5.74, 6) is 0. The third-order valence-corrected chi connectivity index (χ3v) is 6.53. The van der Waals surface area contributed by atoms with Crippen molar-refractivity contribution in [2.45, 2.75) is 13.8 Å². The second-order valence-electron chi connectivity index (χ2n) is 8.18. The Balaban J connectivity index is 1.76. The molecule has 5 aromatic rings. The Morgan fingerprint density at radius 1 is 0.853 bits per heavy atom. The van der Waals surface area contributed by atoms with Crippen molar-refractivity contribution in [3.05, 3.63) is 128 Å². The fourth-order valence-corrected chi connectivity index (χ4v) is 4.33. The Bertz CT molecular complexity index is 1610. The number of hydrogen-bond donors (Lipinski definition) is 1. The Morgan fingerprint density at radius 3 is 2.35 bits per heavy atom. The highest BCUT2D eigenvalue weighted by Gasteiger charge is 2.20. The van der Waals surface area contributed by atoms with E-state index in [1.807, 2.05) is 68.4 Å². The maximum atomic E-state index is 13.7. The number of aryl methyl sites for hydroxylation is 2. The van der Waals surface area contributed by atoms with Crippen LogP contribution in [0.25, 0.3) is 16.5 Å². The van der Waals surface area contributed by atoms with Gasteiger partial charge in [0, 0.05) is 16.6 Å². The summed E-state index contributed by atoms with van der Waals surface area (Å²) in [4.78, 5) is 18.8. The minimum absolute atomic E-state index is 0.213. The quantitative estimate of drug-likeness (QED) is 0.264. The van der Waals surface area contributed by atoms with E-state index in [4.69, 9.17) is 28.2 Å². The summed E-state index contributed by atoms with van der Waals surface area (Å²) < 4.78 is 1.47. The molecule has 1 N–H and O–H groups in total. The van der Waals surface area contributed by atoms with E-state index in [0.29, 0.717) is 32.7 Å². The molecule has 0 saturated heterocycles. The van der Waals surface area contributed by atoms with Gasteiger partial charge in [0.15, 0.2) is 0 Å². The first kappa shape index (κ1) is 22.2. The van der Waals surface area contributed by atoms with Crippen molar-refractivity contribution >= 4 is 45.4 Å². The van der Waals surface area contributed by atoms with Crippen LogP contribution in [0.1, 0.15) is 22.4 Å². The highest BCUT2D eigenvalue weighted by atomic mass is 35.5. The van der Waals surface area contributed by atoms with Crippen LogP contribution in [0.4, 0.5) is 5.69 Å². The summed E-state index contributed by atoms with van der Waals surface area (Å²) in [7, 11) is 0. The Kier molecular flexibility index (Phi) is 5.86. The first-order chi connectivity index (χ1) is 16.4. The van der Waals surface area contributed by atoms with E-state index in [-0.39, 0.29) is 5.56 Å². The van der Waals surface area contributed by atoms with Crippen molar-refractivity contribution in [3.8, 4) is 5.69 Å². The molecular formula is C28H21Cl2N3O. The molecule has 0 aliphatic heterocycles. The van der Waals surface area contributed by atoms with E-state index >= 15 is 0 Å². The smallest absolute Gasteiger partial charge is 0.280 e. The van der Waals surface area contributed by atoms with Gasteiger partial charge < -0.3 is 0 Å². The van der Waals surface area contributed by atoms with Gasteiger partial charge in [0.25, 0.3) is 5.56 Å². The average Bonchev–Trinajstić information content (AvgIpc) is 3.13. The van der Waals surface area contributed by atoms with Crippen molar-refractivity contribution in [1.82, 2.24) is 9.78 Å². The molecule has 0 unspecified atom stereocenters. The lowest BCUT2D eigenvalue weighted by Gasteiger charge is -2.09. The third-order valence-electron chi connectivity index (χ3n) is 5.79. The predicted molar refractivity (Wildman–Crippen MR) is 142 cm³/mol. The zero-order chi connectivity index (χ0) is 23.8. The van der Waals surface area contributed by atoms with E-state index in [2.05, 4.69) is 17.2 Å². The number of hydrogen-bond acceptors (Lipinski definition) is 2. The highest BCUT2D eigenvalue weighted by Crippen LogP contribution is 2.28. The van der Waals surface area contributed by atoms with Crippen LogP contribution in [-0.4, -0.2) is 15.5 Å². The van der Waals surface area contributed by atoms with E-state index in [9.17, 15) is 4.79 Å². The van der Waals surface area contributed by atoms with Gasteiger partial charge in [0.05, 0.1) is 32.7 Å². The predicted octanol–water partition coefficient (Wildman–Crippen LogP) is 7.41. The summed E-state index contributed by atoms with van der Waals surface area (Å²) in [6.45, 7) is 3.90. The molecule has 4 nitrogen and oxygen atoms in total. The largest absolute Gasteiger partial charge is 0.295 e. The van der Waals surface area contributed by atoms with Crippen LogP contribution in [0.15, 0.2) is 94.7 Å². The first-order valence-electron chi connectivity index (χ1n) is 10.8. The second kappa shape index (κ2) is 8.98. The number of fused-ring (bicyclic) bond motifs is 1. The lowest BCUT2D eigenvalue weighted by atomic mass is 10.0. The van der Waals surface area contributed by atoms with E-state index < -0.39 is 0 Å². The van der Waals surface area contributed by atoms with E-state index in [1.165, 1.54) is 4.68 Å². The Hall–Kier alpha value is -3.60. The lowest BCUT2D eigenvalue weighted by molar-refractivity contribution is 0.835. The van der Waals surface area contributed by atoms with Crippen molar-refractivity contribution in [3.63, 3.8) is 0 Å². The molecule has 0 bridgehead atoms. The van der Waals surface area contributed by atoms with Crippen molar-refractivity contribution < 1.29 is 0 Å². The van der Waals surface area contributed by atoms with Crippen LogP contribution in [0.2, 0.25) is 10.0 Å². The molecule has 0 aliphatic carbocycles. The van der Waals surface area contributed by atoms with E-state index in [0.717, 1.165) is 27.6 Å². The number of H-pyrrole nitrogens is 1. The monoisotopic (exact) mass is 485 g/mol. The lowest BCUT2D eigenvalue weighted by Crippen LogP contribution is -2.21. The normalized spacial score (nSPS) is 11.8. The summed E-state index contributed by atoms with van der Waals surface area (Å²) in [6, 6.07) is 27.2. The molecule has 168 valence electrons. The van der Waals surface area contributed by atoms with Crippen LogP contribution in [-0.2, 0) is 0 Å². The standard InChI is InChI=1S/C28H21Cl2N3O/c1-17-10-12-20(13-11-17)27(31-25-9-5-7-19-6-3-4-8-22(19)25)26-18(2)32-33(28(26)34)21-14-15-23(29)24(30)16-21/h3-16,32H,1-2H3. The van der Waals surface area contributed by atoms with E-state index in [1.54, 1.807) is 18.2 Å². The van der Waals surface area contributed by atoms with Gasteiger partial charge in [0.2, 0.25) is 0 Å². The minimum Gasteiger partial charge on any atom is -0.295 e. The molecule has 0 atom stereocenters. The molecule has 6 heteroatoms. The molecule has 1 heterocycles. The molecule has 0 radical (unpaired) electrons. The molecule has 0 aliphatic rings. The zero-order valence-electron chi connectivity index (χ0n) is 18.6. The summed E-state index contributed by atoms with van der Waals surface area (Å²) in [5.41, 5.74) is 4.99. The molecule has 1 aromatic heterocycles. The van der Waals surface area contributed by atoms with Gasteiger partial charge in [-0.1, -0.05) is 89.4 Å². The van der Waals surface area contributed by atoms with Gasteiger partial charge >= 0.3 is 0 Å². The molecule has 4 aromatic carbocycles. The zero-order valence-corrected chi connectivity index (χ0v) is 20.2. The number of halogens is 2. The van der Waals surface area contributed by atoms with Crippen LogP contribution in [0.5, 0.6) is 0 Å². The molecule has 0 amide bonds. The first-order valence-corrected chi connectivity index (χ1v) is 11.6. The summed E-state index contributed by atoms with van der Waals surface area (Å²) >= 11 is 12.3. The fourth-order valence-electron chi connectivity index (χ4n) is 4.03. The third kappa shape index (κ3) is 4.07. The average molecular weight is 486 g/mol. The number of benzene rings is 4. The van der Waals surface area contributed by atoms with Gasteiger partial charge in [-0.15, -0.1) is 0 Å². The molecule has 34 heavy (non-hydrogen) atoms. The molecule has 5 rings (SSSR count). The van der Waals surface area contributed by atoms with Crippen LogP contribution >= 0.6 is 23.2 Å². The van der Waals surface area contributed by atoms with Gasteiger partial charge in [-0.25, -0.2) is 9.67 Å². The fraction of sp³-hybridized carbons (Fsp3) is 0.0714. The molecule has 0 spiro atoms. The minimum atomic E-state index is -0.213. The van der Waals surface area contributed by atoms with Crippen LogP contribution < -0.4 is 5.56 Å². The van der Waals surface area contributed by atoms with Gasteiger partial charge in [-0.05, 0) is 43.5 Å². The van der Waals surface area contributed by atoms with Gasteiger partial charge in [-0.3, -0.25) is 9.89 Å². The molecular weight excluding hydrogens is 465 g/mol. The van der Waals surface area contributed by atoms with Gasteiger partial charge in [-0.2, -0.15) is 0 Å². The SMILES string of the molecule is Cc1ccc(C(=Nc2cccc3ccccc23)c2c(C)[nH]n(-c3ccc(Cl)c(Cl)c3)c2=O)cc1. The summed E-state index contributed by atoms with van der Waals surface area (Å²) in [6.07, 6.45) is 0. The maximum absolute atomic E-state index is 13.7. The van der Waals surface area contributed by atoms with Crippen LogP contribution in [0, 0.1) is 13.8 Å². The summed E-state index contributed by atoms with van der Waals surface area (Å²) in [5, 5.41) is 6.10.